The molecule has 42 heavy (non-hydrogen) atoms. The van der Waals surface area contributed by atoms with Gasteiger partial charge in [-0.25, -0.2) is 14.4 Å². The first kappa shape index (κ1) is 35.5. The third-order valence-corrected chi connectivity index (χ3v) is 7.86. The molecule has 4 atom stereocenters. The number of esters is 2. The topological polar surface area (TPSA) is 88.1 Å². The van der Waals surface area contributed by atoms with E-state index in [9.17, 15) is 14.4 Å². The van der Waals surface area contributed by atoms with Gasteiger partial charge in [0, 0.05) is 11.5 Å². The second-order valence-electron chi connectivity index (χ2n) is 12.8. The number of rotatable bonds is 10. The molecule has 0 aliphatic heterocycles. The van der Waals surface area contributed by atoms with Gasteiger partial charge in [-0.05, 0) is 85.0 Å². The van der Waals surface area contributed by atoms with Crippen molar-refractivity contribution in [3.8, 4) is 0 Å². The largest absolute Gasteiger partial charge is 0.509 e. The number of carbonyl (C=O) groups is 3. The van der Waals surface area contributed by atoms with Crippen molar-refractivity contribution in [2.75, 3.05) is 11.5 Å². The molecule has 2 aromatic rings. The lowest BCUT2D eigenvalue weighted by Crippen LogP contribution is -2.33. The minimum absolute atomic E-state index is 0.236. The van der Waals surface area contributed by atoms with E-state index in [2.05, 4.69) is 25.3 Å². The molecule has 2 aromatic carbocycles. The number of hydrogen-bond acceptors (Lipinski definition) is 9. The van der Waals surface area contributed by atoms with E-state index in [1.54, 1.807) is 50.2 Å². The fourth-order valence-corrected chi connectivity index (χ4v) is 5.58. The van der Waals surface area contributed by atoms with Crippen molar-refractivity contribution in [3.05, 3.63) is 69.8 Å². The highest BCUT2D eigenvalue weighted by Crippen LogP contribution is 2.29. The molecule has 0 heterocycles. The number of benzene rings is 2. The Labute approximate surface area is 261 Å². The van der Waals surface area contributed by atoms with Gasteiger partial charge in [-0.3, -0.25) is 0 Å². The van der Waals surface area contributed by atoms with Crippen molar-refractivity contribution in [2.45, 2.75) is 93.7 Å². The van der Waals surface area contributed by atoms with Crippen LogP contribution in [0, 0.1) is 24.7 Å². The fourth-order valence-electron chi connectivity index (χ4n) is 4.33. The summed E-state index contributed by atoms with van der Waals surface area (Å²) in [4.78, 5) is 38.1. The summed E-state index contributed by atoms with van der Waals surface area (Å²) in [6.07, 6.45) is -2.73. The molecule has 0 aliphatic carbocycles. The molecule has 9 heteroatoms. The molecule has 4 unspecified atom stereocenters. The Morgan fingerprint density at radius 2 is 0.976 bits per heavy atom. The van der Waals surface area contributed by atoms with E-state index in [0.717, 1.165) is 22.3 Å². The molecule has 0 fully saturated rings. The monoisotopic (exact) mass is 618 g/mol. The zero-order chi connectivity index (χ0) is 32.0. The second-order valence-corrected chi connectivity index (χ2v) is 13.5. The minimum Gasteiger partial charge on any atom is -0.457 e. The quantitative estimate of drug-likeness (QED) is 0.157. The molecule has 0 aliphatic rings. The van der Waals surface area contributed by atoms with Gasteiger partial charge >= 0.3 is 18.1 Å². The van der Waals surface area contributed by atoms with Gasteiger partial charge in [-0.1, -0.05) is 53.7 Å². The minimum atomic E-state index is -0.829. The lowest BCUT2D eigenvalue weighted by atomic mass is 9.90. The van der Waals surface area contributed by atoms with Crippen molar-refractivity contribution >= 4 is 43.4 Å². The highest BCUT2D eigenvalue weighted by atomic mass is 32.1. The zero-order valence-corrected chi connectivity index (χ0v) is 28.2. The summed E-state index contributed by atoms with van der Waals surface area (Å²) in [7, 11) is 0. The van der Waals surface area contributed by atoms with Crippen LogP contribution in [-0.2, 0) is 18.9 Å². The molecule has 0 spiro atoms. The van der Waals surface area contributed by atoms with Crippen molar-refractivity contribution < 1.29 is 33.3 Å². The third-order valence-electron chi connectivity index (χ3n) is 7.20. The SMILES string of the molecule is Cc1cc(C(=O)OC(CS)C(C)(C)C)ccc1C(C)OC(=O)OC(C)c1ccc(C(=O)OC(CS)C(C)(C)C)cc1C. The third kappa shape index (κ3) is 9.69. The first-order chi connectivity index (χ1) is 19.4. The molecule has 0 saturated heterocycles. The molecule has 0 aromatic heterocycles. The summed E-state index contributed by atoms with van der Waals surface area (Å²) in [5.41, 5.74) is 3.40. The van der Waals surface area contributed by atoms with Gasteiger partial charge in [0.1, 0.15) is 24.4 Å². The Bertz CT molecular complexity index is 1160. The van der Waals surface area contributed by atoms with Crippen LogP contribution in [0.2, 0.25) is 0 Å². The average Bonchev–Trinajstić information content (AvgIpc) is 2.88. The summed E-state index contributed by atoms with van der Waals surface area (Å²) >= 11 is 8.64. The maximum atomic E-state index is 12.7. The van der Waals surface area contributed by atoms with E-state index in [1.807, 2.05) is 55.4 Å². The summed E-state index contributed by atoms with van der Waals surface area (Å²) in [5, 5.41) is 0. The van der Waals surface area contributed by atoms with Gasteiger partial charge in [0.05, 0.1) is 11.1 Å². The van der Waals surface area contributed by atoms with Gasteiger partial charge in [-0.2, -0.15) is 25.3 Å². The molecule has 0 saturated carbocycles. The predicted octanol–water partition coefficient (Wildman–Crippen LogP) is 8.28. The van der Waals surface area contributed by atoms with Crippen LogP contribution in [-0.4, -0.2) is 41.8 Å². The highest BCUT2D eigenvalue weighted by Gasteiger charge is 2.29. The van der Waals surface area contributed by atoms with E-state index in [4.69, 9.17) is 18.9 Å². The summed E-state index contributed by atoms with van der Waals surface area (Å²) in [6.45, 7) is 19.1. The lowest BCUT2D eigenvalue weighted by Gasteiger charge is -2.29. The van der Waals surface area contributed by atoms with Crippen LogP contribution >= 0.6 is 25.3 Å². The van der Waals surface area contributed by atoms with Gasteiger partial charge in [0.15, 0.2) is 0 Å². The summed E-state index contributed by atoms with van der Waals surface area (Å²) in [6, 6.07) is 10.3. The number of hydrogen-bond donors (Lipinski definition) is 2. The van der Waals surface area contributed by atoms with E-state index < -0.39 is 30.3 Å². The lowest BCUT2D eigenvalue weighted by molar-refractivity contribution is 0.00455. The van der Waals surface area contributed by atoms with E-state index >= 15 is 0 Å². The van der Waals surface area contributed by atoms with E-state index in [1.165, 1.54) is 0 Å². The Hall–Kier alpha value is -2.65. The first-order valence-corrected chi connectivity index (χ1v) is 15.4. The molecule has 232 valence electrons. The van der Waals surface area contributed by atoms with Gasteiger partial charge in [-0.15, -0.1) is 0 Å². The molecule has 2 rings (SSSR count). The molecule has 0 N–H and O–H groups in total. The Kier molecular flexibility index (Phi) is 12.4. The van der Waals surface area contributed by atoms with E-state index in [0.29, 0.717) is 22.6 Å². The van der Waals surface area contributed by atoms with Crippen molar-refractivity contribution in [1.82, 2.24) is 0 Å². The number of carbonyl (C=O) groups excluding carboxylic acids is 3. The standard InChI is InChI=1S/C33H46O7S2/c1-19-15-23(29(34)39-27(17-41)32(5,6)7)11-13-25(19)21(3)37-31(36)38-22(4)26-14-12-24(16-20(26)2)30(35)40-28(18-42)33(8,9)10/h11-16,21-22,27-28,41-42H,17-18H2,1-10H3. The molecule has 0 amide bonds. The number of thiol groups is 2. The normalized spacial score (nSPS) is 14.8. The van der Waals surface area contributed by atoms with Crippen LogP contribution in [0.15, 0.2) is 36.4 Å². The molecular weight excluding hydrogens is 572 g/mol. The van der Waals surface area contributed by atoms with Crippen LogP contribution in [0.3, 0.4) is 0 Å². The second kappa shape index (κ2) is 14.7. The van der Waals surface area contributed by atoms with Crippen LogP contribution < -0.4 is 0 Å². The fraction of sp³-hybridized carbons (Fsp3) is 0.545. The zero-order valence-electron chi connectivity index (χ0n) is 26.4. The predicted molar refractivity (Wildman–Crippen MR) is 172 cm³/mol. The number of aryl methyl sites for hydroxylation is 2. The van der Waals surface area contributed by atoms with Crippen LogP contribution in [0.1, 0.15) is 111 Å². The molecular formula is C33H46O7S2. The highest BCUT2D eigenvalue weighted by molar-refractivity contribution is 7.80. The van der Waals surface area contributed by atoms with Gasteiger partial charge in [0.25, 0.3) is 0 Å². The van der Waals surface area contributed by atoms with Crippen LogP contribution in [0.4, 0.5) is 4.79 Å². The van der Waals surface area contributed by atoms with Crippen LogP contribution in [0.5, 0.6) is 0 Å². The van der Waals surface area contributed by atoms with Gasteiger partial charge in [0.2, 0.25) is 0 Å². The summed E-state index contributed by atoms with van der Waals surface area (Å²) in [5.74, 6) is -0.0126. The maximum Gasteiger partial charge on any atom is 0.509 e. The van der Waals surface area contributed by atoms with Crippen LogP contribution in [0.25, 0.3) is 0 Å². The molecule has 0 bridgehead atoms. The first-order valence-electron chi connectivity index (χ1n) is 14.1. The molecule has 0 radical (unpaired) electrons. The Balaban J connectivity index is 2.04. The average molecular weight is 619 g/mol. The van der Waals surface area contributed by atoms with Crippen molar-refractivity contribution in [3.63, 3.8) is 0 Å². The smallest absolute Gasteiger partial charge is 0.457 e. The Morgan fingerprint density at radius 1 is 0.643 bits per heavy atom. The summed E-state index contributed by atoms with van der Waals surface area (Å²) < 4.78 is 22.5. The van der Waals surface area contributed by atoms with E-state index in [-0.39, 0.29) is 23.0 Å². The maximum absolute atomic E-state index is 12.7. The van der Waals surface area contributed by atoms with Crippen molar-refractivity contribution in [1.29, 1.82) is 0 Å². The number of ether oxygens (including phenoxy) is 4. The van der Waals surface area contributed by atoms with Gasteiger partial charge < -0.3 is 18.9 Å². The molecule has 7 nitrogen and oxygen atoms in total. The Morgan fingerprint density at radius 3 is 1.24 bits per heavy atom. The van der Waals surface area contributed by atoms with Crippen molar-refractivity contribution in [2.24, 2.45) is 10.8 Å².